The molecule has 3 N–H and O–H groups in total. The number of nitrogens with zero attached hydrogens (tertiary/aromatic N) is 3. The van der Waals surface area contributed by atoms with E-state index in [2.05, 4.69) is 15.3 Å². The zero-order valence-corrected chi connectivity index (χ0v) is 13.4. The lowest BCUT2D eigenvalue weighted by Gasteiger charge is -2.13. The van der Waals surface area contributed by atoms with Gasteiger partial charge in [-0.05, 0) is 20.3 Å². The maximum atomic E-state index is 11.4. The smallest absolute Gasteiger partial charge is 0.353 e. The average molecular weight is 327 g/mol. The van der Waals surface area contributed by atoms with Crippen molar-refractivity contribution < 1.29 is 19.2 Å². The van der Waals surface area contributed by atoms with Crippen LogP contribution in [0.5, 0.6) is 6.01 Å². The van der Waals surface area contributed by atoms with Crippen molar-refractivity contribution in [3.63, 3.8) is 0 Å². The van der Waals surface area contributed by atoms with E-state index in [0.717, 1.165) is 12.8 Å². The largest absolute Gasteiger partial charge is 0.465 e. The van der Waals surface area contributed by atoms with Gasteiger partial charge >= 0.3 is 17.7 Å². The Bertz CT molecular complexity index is 566. The summed E-state index contributed by atoms with van der Waals surface area (Å²) in [6.45, 7) is 5.41. The number of nitrogens with one attached hydrogen (secondary N) is 1. The van der Waals surface area contributed by atoms with Crippen molar-refractivity contribution in [2.75, 3.05) is 24.2 Å². The van der Waals surface area contributed by atoms with Crippen LogP contribution in [0, 0.1) is 10.1 Å². The molecule has 0 fully saturated rings. The topological polar surface area (TPSA) is 142 Å². The first-order chi connectivity index (χ1) is 10.9. The first kappa shape index (κ1) is 18.4. The summed E-state index contributed by atoms with van der Waals surface area (Å²) in [7, 11) is 0. The molecule has 128 valence electrons. The molecule has 0 aliphatic rings. The van der Waals surface area contributed by atoms with Crippen LogP contribution in [0.2, 0.25) is 0 Å². The maximum Gasteiger partial charge on any atom is 0.353 e. The van der Waals surface area contributed by atoms with E-state index in [1.807, 2.05) is 13.8 Å². The van der Waals surface area contributed by atoms with Crippen LogP contribution in [0.15, 0.2) is 0 Å². The Hall–Kier alpha value is -2.65. The number of anilines is 2. The molecule has 0 aliphatic heterocycles. The molecule has 0 spiro atoms. The molecule has 1 heterocycles. The van der Waals surface area contributed by atoms with E-state index in [1.165, 1.54) is 0 Å². The monoisotopic (exact) mass is 327 g/mol. The molecule has 23 heavy (non-hydrogen) atoms. The lowest BCUT2D eigenvalue weighted by atomic mass is 10.2. The molecule has 0 saturated heterocycles. The van der Waals surface area contributed by atoms with Crippen LogP contribution in [0.3, 0.4) is 0 Å². The lowest BCUT2D eigenvalue weighted by molar-refractivity contribution is -0.383. The number of carbonyl (C=O) groups excluding carboxylic acids is 1. The number of rotatable bonds is 9. The minimum absolute atomic E-state index is 0.0830. The second-order valence-corrected chi connectivity index (χ2v) is 4.72. The number of nitrogen functional groups attached to an aromatic ring is 1. The highest BCUT2D eigenvalue weighted by Gasteiger charge is 2.24. The van der Waals surface area contributed by atoms with Gasteiger partial charge in [0.15, 0.2) is 0 Å². The quantitative estimate of drug-likeness (QED) is 0.392. The van der Waals surface area contributed by atoms with Gasteiger partial charge < -0.3 is 20.5 Å². The van der Waals surface area contributed by atoms with Gasteiger partial charge in [0.25, 0.3) is 0 Å². The highest BCUT2D eigenvalue weighted by atomic mass is 16.6. The fraction of sp³-hybridized carbons (Fsp3) is 0.615. The van der Waals surface area contributed by atoms with E-state index in [-0.39, 0.29) is 36.9 Å². The van der Waals surface area contributed by atoms with Gasteiger partial charge in [0, 0.05) is 0 Å². The van der Waals surface area contributed by atoms with E-state index in [4.69, 9.17) is 15.2 Å². The van der Waals surface area contributed by atoms with E-state index < -0.39 is 16.6 Å². The Kier molecular flexibility index (Phi) is 6.97. The molecular formula is C13H21N5O5. The number of hydrogen-bond acceptors (Lipinski definition) is 9. The molecule has 1 rings (SSSR count). The summed E-state index contributed by atoms with van der Waals surface area (Å²) in [5.74, 6) is -1.09. The van der Waals surface area contributed by atoms with Crippen molar-refractivity contribution in [1.29, 1.82) is 0 Å². The van der Waals surface area contributed by atoms with E-state index in [0.29, 0.717) is 0 Å². The summed E-state index contributed by atoms with van der Waals surface area (Å²) in [6.07, 6.45) is 1.50. The molecule has 1 aromatic heterocycles. The number of nitrogens with two attached hydrogens (primary N) is 1. The number of hydrogen-bond donors (Lipinski definition) is 2. The van der Waals surface area contributed by atoms with E-state index in [9.17, 15) is 14.9 Å². The fourth-order valence-corrected chi connectivity index (χ4v) is 1.82. The molecule has 0 aliphatic carbocycles. The van der Waals surface area contributed by atoms with Crippen molar-refractivity contribution in [2.45, 2.75) is 39.7 Å². The Morgan fingerprint density at radius 1 is 1.43 bits per heavy atom. The van der Waals surface area contributed by atoms with Crippen LogP contribution in [-0.2, 0) is 9.53 Å². The normalized spacial score (nSPS) is 11.6. The zero-order chi connectivity index (χ0) is 17.4. The minimum atomic E-state index is -0.720. The molecule has 1 aromatic rings. The molecule has 0 bridgehead atoms. The third-order valence-electron chi connectivity index (χ3n) is 2.78. The second kappa shape index (κ2) is 8.71. The SMILES string of the molecule is CCC[C@H](C)Oc1nc(N)c([N+](=O)[O-])c(NCC(=O)OCC)n1. The van der Waals surface area contributed by atoms with Gasteiger partial charge in [-0.15, -0.1) is 0 Å². The first-order valence-electron chi connectivity index (χ1n) is 7.27. The standard InChI is InChI=1S/C13H21N5O5/c1-4-6-8(3)23-13-16-11(14)10(18(20)21)12(17-13)15-7-9(19)22-5-2/h8H,4-7H2,1-3H3,(H3,14,15,16,17)/t8-/m0/s1. The summed E-state index contributed by atoms with van der Waals surface area (Å²) in [6, 6.07) is -0.0830. The molecular weight excluding hydrogens is 306 g/mol. The third kappa shape index (κ3) is 5.57. The Labute approximate surface area is 133 Å². The summed E-state index contributed by atoms with van der Waals surface area (Å²) >= 11 is 0. The predicted octanol–water partition coefficient (Wildman–Crippen LogP) is 1.51. The molecule has 0 amide bonds. The van der Waals surface area contributed by atoms with Gasteiger partial charge in [-0.1, -0.05) is 13.3 Å². The number of carbonyl (C=O) groups is 1. The molecule has 0 radical (unpaired) electrons. The van der Waals surface area contributed by atoms with Crippen molar-refractivity contribution in [3.8, 4) is 6.01 Å². The highest BCUT2D eigenvalue weighted by Crippen LogP contribution is 2.29. The minimum Gasteiger partial charge on any atom is -0.465 e. The maximum absolute atomic E-state index is 11.4. The summed E-state index contributed by atoms with van der Waals surface area (Å²) in [5, 5.41) is 13.6. The number of ether oxygens (including phenoxy) is 2. The van der Waals surface area contributed by atoms with Crippen LogP contribution in [-0.4, -0.2) is 40.1 Å². The molecule has 0 aromatic carbocycles. The van der Waals surface area contributed by atoms with Crippen LogP contribution in [0.25, 0.3) is 0 Å². The van der Waals surface area contributed by atoms with Crippen molar-refractivity contribution >= 4 is 23.3 Å². The van der Waals surface area contributed by atoms with Crippen LogP contribution >= 0.6 is 0 Å². The van der Waals surface area contributed by atoms with Gasteiger partial charge in [0.2, 0.25) is 11.6 Å². The fourth-order valence-electron chi connectivity index (χ4n) is 1.82. The van der Waals surface area contributed by atoms with Crippen molar-refractivity contribution in [3.05, 3.63) is 10.1 Å². The molecule has 1 atom stereocenters. The van der Waals surface area contributed by atoms with Crippen LogP contribution in [0.4, 0.5) is 17.3 Å². The third-order valence-corrected chi connectivity index (χ3v) is 2.78. The summed E-state index contributed by atoms with van der Waals surface area (Å²) in [5.41, 5.74) is 5.10. The second-order valence-electron chi connectivity index (χ2n) is 4.72. The van der Waals surface area contributed by atoms with Gasteiger partial charge in [-0.25, -0.2) is 0 Å². The average Bonchev–Trinajstić information content (AvgIpc) is 2.44. The molecule has 0 unspecified atom stereocenters. The Balaban J connectivity index is 3.00. The van der Waals surface area contributed by atoms with Gasteiger partial charge in [0.1, 0.15) is 6.54 Å². The van der Waals surface area contributed by atoms with Crippen molar-refractivity contribution in [1.82, 2.24) is 9.97 Å². The van der Waals surface area contributed by atoms with E-state index in [1.54, 1.807) is 6.92 Å². The molecule has 10 nitrogen and oxygen atoms in total. The lowest BCUT2D eigenvalue weighted by Crippen LogP contribution is -2.20. The first-order valence-corrected chi connectivity index (χ1v) is 7.27. The predicted molar refractivity (Wildman–Crippen MR) is 83.2 cm³/mol. The van der Waals surface area contributed by atoms with Crippen LogP contribution in [0.1, 0.15) is 33.6 Å². The molecule has 0 saturated carbocycles. The zero-order valence-electron chi connectivity index (χ0n) is 13.4. The van der Waals surface area contributed by atoms with Gasteiger partial charge in [-0.3, -0.25) is 14.9 Å². The van der Waals surface area contributed by atoms with E-state index >= 15 is 0 Å². The summed E-state index contributed by atoms with van der Waals surface area (Å²) < 4.78 is 10.2. The highest BCUT2D eigenvalue weighted by molar-refractivity contribution is 5.77. The number of nitro groups is 1. The van der Waals surface area contributed by atoms with Crippen molar-refractivity contribution in [2.24, 2.45) is 0 Å². The number of aromatic nitrogens is 2. The van der Waals surface area contributed by atoms with Gasteiger partial charge in [0.05, 0.1) is 17.6 Å². The molecule has 10 heteroatoms. The van der Waals surface area contributed by atoms with Crippen LogP contribution < -0.4 is 15.8 Å². The Morgan fingerprint density at radius 2 is 2.13 bits per heavy atom. The van der Waals surface area contributed by atoms with Gasteiger partial charge in [-0.2, -0.15) is 9.97 Å². The number of esters is 1. The Morgan fingerprint density at radius 3 is 2.70 bits per heavy atom. The summed E-state index contributed by atoms with van der Waals surface area (Å²) in [4.78, 5) is 29.5.